The first kappa shape index (κ1) is 9.29. The van der Waals surface area contributed by atoms with Gasteiger partial charge in [0, 0.05) is 6.20 Å². The highest BCUT2D eigenvalue weighted by atomic mass is 35.5. The van der Waals surface area contributed by atoms with Crippen molar-refractivity contribution in [1.82, 2.24) is 4.98 Å². The van der Waals surface area contributed by atoms with Gasteiger partial charge in [0.2, 0.25) is 0 Å². The summed E-state index contributed by atoms with van der Waals surface area (Å²) < 4.78 is 0. The van der Waals surface area contributed by atoms with Gasteiger partial charge in [-0.1, -0.05) is 23.2 Å². The number of anilines is 1. The molecule has 1 aromatic rings. The van der Waals surface area contributed by atoms with Crippen molar-refractivity contribution < 1.29 is 4.79 Å². The van der Waals surface area contributed by atoms with Gasteiger partial charge in [0.1, 0.15) is 5.15 Å². The Balaban J connectivity index is 3.43. The van der Waals surface area contributed by atoms with Gasteiger partial charge in [0.05, 0.1) is 16.3 Å². The summed E-state index contributed by atoms with van der Waals surface area (Å²) in [5.74, 6) is -0.243. The molecule has 1 aromatic heterocycles. The Hall–Kier alpha value is -0.800. The fourth-order valence-corrected chi connectivity index (χ4v) is 1.24. The van der Waals surface area contributed by atoms with Gasteiger partial charge in [0.25, 0.3) is 0 Å². The third kappa shape index (κ3) is 1.52. The van der Waals surface area contributed by atoms with Crippen LogP contribution in [0.5, 0.6) is 0 Å². The zero-order valence-corrected chi connectivity index (χ0v) is 7.78. The minimum Gasteiger partial charge on any atom is -0.397 e. The fraction of sp³-hybridized carbons (Fsp3) is 0.143. The predicted molar refractivity (Wildman–Crippen MR) is 48.7 cm³/mol. The number of Topliss-reactive ketones (excluding diaryl/α,β-unsaturated/α-hetero) is 1. The van der Waals surface area contributed by atoms with Crippen molar-refractivity contribution in [2.24, 2.45) is 0 Å². The minimum absolute atomic E-state index is 0.0874. The molecule has 0 aliphatic heterocycles. The van der Waals surface area contributed by atoms with E-state index in [1.54, 1.807) is 0 Å². The molecule has 0 fully saturated rings. The second kappa shape index (κ2) is 3.29. The summed E-state index contributed by atoms with van der Waals surface area (Å²) in [6, 6.07) is 0. The second-order valence-corrected chi connectivity index (χ2v) is 3.01. The Morgan fingerprint density at radius 2 is 2.17 bits per heavy atom. The van der Waals surface area contributed by atoms with Gasteiger partial charge in [-0.05, 0) is 6.92 Å². The van der Waals surface area contributed by atoms with Gasteiger partial charge in [-0.3, -0.25) is 4.79 Å². The molecule has 0 spiro atoms. The summed E-state index contributed by atoms with van der Waals surface area (Å²) >= 11 is 11.3. The van der Waals surface area contributed by atoms with Gasteiger partial charge < -0.3 is 5.73 Å². The topological polar surface area (TPSA) is 56.0 Å². The monoisotopic (exact) mass is 204 g/mol. The van der Waals surface area contributed by atoms with E-state index in [0.717, 1.165) is 0 Å². The maximum atomic E-state index is 11.0. The summed E-state index contributed by atoms with van der Waals surface area (Å²) in [5.41, 5.74) is 5.88. The number of nitrogen functional groups attached to an aromatic ring is 1. The van der Waals surface area contributed by atoms with Gasteiger partial charge in [-0.15, -0.1) is 0 Å². The molecule has 0 amide bonds. The number of ketones is 1. The van der Waals surface area contributed by atoms with Crippen LogP contribution in [0.15, 0.2) is 6.20 Å². The molecule has 0 aliphatic carbocycles. The van der Waals surface area contributed by atoms with Gasteiger partial charge in [-0.2, -0.15) is 0 Å². The van der Waals surface area contributed by atoms with E-state index in [9.17, 15) is 4.79 Å². The van der Waals surface area contributed by atoms with Crippen LogP contribution < -0.4 is 5.73 Å². The van der Waals surface area contributed by atoms with Crippen LogP contribution in [0.1, 0.15) is 17.3 Å². The molecule has 64 valence electrons. The lowest BCUT2D eigenvalue weighted by atomic mass is 10.2. The molecule has 12 heavy (non-hydrogen) atoms. The SMILES string of the molecule is CC(=O)c1c(Cl)ncc(Cl)c1N. The maximum absolute atomic E-state index is 11.0. The lowest BCUT2D eigenvalue weighted by Crippen LogP contribution is -2.02. The van der Waals surface area contributed by atoms with Crippen molar-refractivity contribution in [1.29, 1.82) is 0 Å². The number of aromatic nitrogens is 1. The summed E-state index contributed by atoms with van der Waals surface area (Å²) in [7, 11) is 0. The molecule has 1 rings (SSSR count). The molecule has 0 unspecified atom stereocenters. The highest BCUT2D eigenvalue weighted by Crippen LogP contribution is 2.26. The Morgan fingerprint density at radius 1 is 1.58 bits per heavy atom. The largest absolute Gasteiger partial charge is 0.397 e. The average molecular weight is 205 g/mol. The molecule has 0 aromatic carbocycles. The van der Waals surface area contributed by atoms with Crippen LogP contribution in [0.2, 0.25) is 10.2 Å². The molecule has 2 N–H and O–H groups in total. The molecule has 0 aliphatic rings. The Morgan fingerprint density at radius 3 is 2.58 bits per heavy atom. The molecule has 0 saturated carbocycles. The number of nitrogens with zero attached hydrogens (tertiary/aromatic N) is 1. The molecular weight excluding hydrogens is 199 g/mol. The first-order chi connectivity index (χ1) is 5.54. The van der Waals surface area contributed by atoms with E-state index in [2.05, 4.69) is 4.98 Å². The van der Waals surface area contributed by atoms with Crippen molar-refractivity contribution in [3.63, 3.8) is 0 Å². The van der Waals surface area contributed by atoms with Gasteiger partial charge in [-0.25, -0.2) is 4.98 Å². The lowest BCUT2D eigenvalue weighted by molar-refractivity contribution is 0.101. The van der Waals surface area contributed by atoms with Crippen molar-refractivity contribution in [3.8, 4) is 0 Å². The number of nitrogens with two attached hydrogens (primary N) is 1. The van der Waals surface area contributed by atoms with E-state index < -0.39 is 0 Å². The van der Waals surface area contributed by atoms with Crippen LogP contribution in [-0.2, 0) is 0 Å². The first-order valence-electron chi connectivity index (χ1n) is 3.14. The molecule has 3 nitrogen and oxygen atoms in total. The molecule has 0 saturated heterocycles. The number of pyridine rings is 1. The van der Waals surface area contributed by atoms with Crippen LogP contribution in [0.4, 0.5) is 5.69 Å². The molecule has 1 heterocycles. The van der Waals surface area contributed by atoms with E-state index in [1.165, 1.54) is 13.1 Å². The number of carbonyl (C=O) groups is 1. The maximum Gasteiger partial charge on any atom is 0.165 e. The summed E-state index contributed by atoms with van der Waals surface area (Å²) in [6.07, 6.45) is 1.31. The van der Waals surface area contributed by atoms with Crippen LogP contribution in [0.3, 0.4) is 0 Å². The normalized spacial score (nSPS) is 9.92. The number of carbonyl (C=O) groups excluding carboxylic acids is 1. The Kier molecular flexibility index (Phi) is 2.55. The lowest BCUT2D eigenvalue weighted by Gasteiger charge is -2.04. The fourth-order valence-electron chi connectivity index (χ4n) is 0.813. The highest BCUT2D eigenvalue weighted by Gasteiger charge is 2.13. The van der Waals surface area contributed by atoms with Crippen molar-refractivity contribution >= 4 is 34.7 Å². The van der Waals surface area contributed by atoms with Gasteiger partial charge >= 0.3 is 0 Å². The Labute approximate surface area is 79.5 Å². The minimum atomic E-state index is -0.243. The number of halogens is 2. The first-order valence-corrected chi connectivity index (χ1v) is 3.90. The molecule has 5 heteroatoms. The highest BCUT2D eigenvalue weighted by molar-refractivity contribution is 6.37. The van der Waals surface area contributed by atoms with Crippen LogP contribution >= 0.6 is 23.2 Å². The summed E-state index contributed by atoms with van der Waals surface area (Å²) in [4.78, 5) is 14.7. The third-order valence-electron chi connectivity index (χ3n) is 1.38. The number of rotatable bonds is 1. The number of hydrogen-bond donors (Lipinski definition) is 1. The molecular formula is C7H6Cl2N2O. The summed E-state index contributed by atoms with van der Waals surface area (Å²) in [5, 5.41) is 0.328. The van der Waals surface area contributed by atoms with E-state index >= 15 is 0 Å². The zero-order valence-electron chi connectivity index (χ0n) is 6.27. The van der Waals surface area contributed by atoms with Gasteiger partial charge in [0.15, 0.2) is 5.78 Å². The van der Waals surface area contributed by atoms with E-state index in [1.807, 2.05) is 0 Å². The predicted octanol–water partition coefficient (Wildman–Crippen LogP) is 2.17. The molecule has 0 atom stereocenters. The standard InChI is InChI=1S/C7H6Cl2N2O/c1-3(12)5-6(10)4(8)2-11-7(5)9/h2H,1H3,(H2,10,11). The second-order valence-electron chi connectivity index (χ2n) is 2.24. The van der Waals surface area contributed by atoms with E-state index in [-0.39, 0.29) is 27.2 Å². The molecule has 0 radical (unpaired) electrons. The van der Waals surface area contributed by atoms with E-state index in [4.69, 9.17) is 28.9 Å². The van der Waals surface area contributed by atoms with Crippen LogP contribution in [0.25, 0.3) is 0 Å². The summed E-state index contributed by atoms with van der Waals surface area (Å²) in [6.45, 7) is 1.36. The average Bonchev–Trinajstić information content (AvgIpc) is 1.97. The van der Waals surface area contributed by atoms with Crippen molar-refractivity contribution in [2.75, 3.05) is 5.73 Å². The zero-order chi connectivity index (χ0) is 9.30. The smallest absolute Gasteiger partial charge is 0.165 e. The third-order valence-corrected chi connectivity index (χ3v) is 1.96. The Bertz CT molecular complexity index is 338. The van der Waals surface area contributed by atoms with Crippen molar-refractivity contribution in [3.05, 3.63) is 21.9 Å². The molecule has 0 bridgehead atoms. The quantitative estimate of drug-likeness (QED) is 0.564. The van der Waals surface area contributed by atoms with Crippen molar-refractivity contribution in [2.45, 2.75) is 6.92 Å². The van der Waals surface area contributed by atoms with Crippen LogP contribution in [0, 0.1) is 0 Å². The number of hydrogen-bond acceptors (Lipinski definition) is 3. The van der Waals surface area contributed by atoms with E-state index in [0.29, 0.717) is 0 Å². The van der Waals surface area contributed by atoms with Crippen LogP contribution in [-0.4, -0.2) is 10.8 Å².